The molecule has 15 heavy (non-hydrogen) atoms. The predicted octanol–water partition coefficient (Wildman–Crippen LogP) is 1.80. The van der Waals surface area contributed by atoms with Crippen molar-refractivity contribution in [2.75, 3.05) is 25.0 Å². The van der Waals surface area contributed by atoms with Crippen LogP contribution in [-0.2, 0) is 14.2 Å². The van der Waals surface area contributed by atoms with E-state index in [1.807, 2.05) is 0 Å². The van der Waals surface area contributed by atoms with Gasteiger partial charge in [0.25, 0.3) is 0 Å². The normalized spacial score (nSPS) is 38.0. The zero-order valence-corrected chi connectivity index (χ0v) is 10.0. The lowest BCUT2D eigenvalue weighted by atomic mass is 10.2. The van der Waals surface area contributed by atoms with Crippen molar-refractivity contribution in [3.8, 4) is 0 Å². The summed E-state index contributed by atoms with van der Waals surface area (Å²) in [4.78, 5) is 0. The minimum absolute atomic E-state index is 0.258. The first kappa shape index (κ1) is 11.9. The molecule has 0 spiro atoms. The van der Waals surface area contributed by atoms with E-state index in [9.17, 15) is 0 Å². The van der Waals surface area contributed by atoms with Gasteiger partial charge in [-0.2, -0.15) is 0 Å². The zero-order chi connectivity index (χ0) is 10.7. The van der Waals surface area contributed by atoms with E-state index in [1.165, 1.54) is 0 Å². The van der Waals surface area contributed by atoms with Crippen LogP contribution in [-0.4, -0.2) is 49.4 Å². The summed E-state index contributed by atoms with van der Waals surface area (Å²) in [5.74, 6) is 1.31. The van der Waals surface area contributed by atoms with Gasteiger partial charge in [-0.1, -0.05) is 0 Å². The van der Waals surface area contributed by atoms with Gasteiger partial charge in [0.15, 0.2) is 0 Å². The Kier molecular flexibility index (Phi) is 4.52. The van der Waals surface area contributed by atoms with Gasteiger partial charge in [-0.15, -0.1) is 23.2 Å². The summed E-state index contributed by atoms with van der Waals surface area (Å²) >= 11 is 11.2. The van der Waals surface area contributed by atoms with E-state index in [0.717, 1.165) is 12.8 Å². The SMILES string of the molecule is ClCCC1OC1COCC1OC1CCCl. The van der Waals surface area contributed by atoms with Crippen LogP contribution in [0.15, 0.2) is 0 Å². The van der Waals surface area contributed by atoms with Gasteiger partial charge in [0, 0.05) is 11.8 Å². The molecule has 0 bridgehead atoms. The Morgan fingerprint density at radius 2 is 1.27 bits per heavy atom. The third-order valence-electron chi connectivity index (χ3n) is 2.73. The van der Waals surface area contributed by atoms with E-state index in [2.05, 4.69) is 0 Å². The first-order valence-corrected chi connectivity index (χ1v) is 6.42. The second kappa shape index (κ2) is 5.69. The molecule has 3 nitrogen and oxygen atoms in total. The van der Waals surface area contributed by atoms with Crippen LogP contribution in [0.1, 0.15) is 12.8 Å². The fourth-order valence-electron chi connectivity index (χ4n) is 1.67. The van der Waals surface area contributed by atoms with Crippen molar-refractivity contribution in [1.29, 1.82) is 0 Å². The second-order valence-corrected chi connectivity index (χ2v) is 4.67. The number of hydrogen-bond donors (Lipinski definition) is 0. The molecule has 0 amide bonds. The molecule has 2 fully saturated rings. The summed E-state index contributed by atoms with van der Waals surface area (Å²) in [6.45, 7) is 1.32. The maximum atomic E-state index is 5.60. The molecule has 2 aliphatic heterocycles. The fraction of sp³-hybridized carbons (Fsp3) is 1.00. The van der Waals surface area contributed by atoms with Crippen molar-refractivity contribution in [2.45, 2.75) is 37.3 Å². The molecule has 0 aliphatic carbocycles. The Labute approximate surface area is 100.0 Å². The Balaban J connectivity index is 1.44. The highest BCUT2D eigenvalue weighted by Gasteiger charge is 2.41. The highest BCUT2D eigenvalue weighted by Crippen LogP contribution is 2.28. The third-order valence-corrected chi connectivity index (χ3v) is 3.16. The number of rotatable bonds is 8. The first-order valence-electron chi connectivity index (χ1n) is 5.35. The van der Waals surface area contributed by atoms with E-state index in [-0.39, 0.29) is 12.2 Å². The lowest BCUT2D eigenvalue weighted by Crippen LogP contribution is -2.11. The number of alkyl halides is 2. The summed E-state index contributed by atoms with van der Waals surface area (Å²) in [6, 6.07) is 0. The van der Waals surface area contributed by atoms with E-state index in [4.69, 9.17) is 37.4 Å². The van der Waals surface area contributed by atoms with Gasteiger partial charge >= 0.3 is 0 Å². The minimum Gasteiger partial charge on any atom is -0.376 e. The molecule has 2 rings (SSSR count). The number of halogens is 2. The molecule has 2 aliphatic rings. The molecule has 0 aromatic carbocycles. The van der Waals surface area contributed by atoms with Crippen LogP contribution in [0.25, 0.3) is 0 Å². The van der Waals surface area contributed by atoms with Crippen LogP contribution >= 0.6 is 23.2 Å². The fourth-order valence-corrected chi connectivity index (χ4v) is 2.10. The Morgan fingerprint density at radius 3 is 1.67 bits per heavy atom. The number of hydrogen-bond acceptors (Lipinski definition) is 3. The number of ether oxygens (including phenoxy) is 3. The Morgan fingerprint density at radius 1 is 0.800 bits per heavy atom. The summed E-state index contributed by atoms with van der Waals surface area (Å²) in [7, 11) is 0. The summed E-state index contributed by atoms with van der Waals surface area (Å²) in [5.41, 5.74) is 0. The van der Waals surface area contributed by atoms with Crippen LogP contribution < -0.4 is 0 Å². The topological polar surface area (TPSA) is 34.3 Å². The Hall–Kier alpha value is 0.460. The molecule has 0 aromatic rings. The molecular weight excluding hydrogens is 239 g/mol. The predicted molar refractivity (Wildman–Crippen MR) is 58.8 cm³/mol. The molecule has 4 atom stereocenters. The van der Waals surface area contributed by atoms with Crippen molar-refractivity contribution in [1.82, 2.24) is 0 Å². The van der Waals surface area contributed by atoms with Gasteiger partial charge in [0.2, 0.25) is 0 Å². The van der Waals surface area contributed by atoms with E-state index >= 15 is 0 Å². The van der Waals surface area contributed by atoms with E-state index < -0.39 is 0 Å². The molecule has 0 radical (unpaired) electrons. The first-order chi connectivity index (χ1) is 7.35. The quantitative estimate of drug-likeness (QED) is 0.490. The van der Waals surface area contributed by atoms with E-state index in [0.29, 0.717) is 37.2 Å². The standard InChI is InChI=1S/C10H16Cl2O3/c11-3-1-7-9(14-7)5-13-6-10-8(15-10)2-4-12/h7-10H,1-6H2. The van der Waals surface area contributed by atoms with Crippen molar-refractivity contribution in [3.63, 3.8) is 0 Å². The van der Waals surface area contributed by atoms with Gasteiger partial charge in [0.05, 0.1) is 25.4 Å². The molecule has 0 saturated carbocycles. The van der Waals surface area contributed by atoms with Crippen LogP contribution in [0.2, 0.25) is 0 Å². The molecule has 2 saturated heterocycles. The summed E-state index contributed by atoms with van der Waals surface area (Å²) < 4.78 is 16.2. The average molecular weight is 255 g/mol. The molecule has 5 heteroatoms. The maximum absolute atomic E-state index is 5.60. The van der Waals surface area contributed by atoms with Gasteiger partial charge in [-0.05, 0) is 12.8 Å². The monoisotopic (exact) mass is 254 g/mol. The van der Waals surface area contributed by atoms with Crippen molar-refractivity contribution in [2.24, 2.45) is 0 Å². The highest BCUT2D eigenvalue weighted by molar-refractivity contribution is 6.18. The minimum atomic E-state index is 0.258. The third kappa shape index (κ3) is 3.75. The van der Waals surface area contributed by atoms with Gasteiger partial charge in [0.1, 0.15) is 12.2 Å². The van der Waals surface area contributed by atoms with Crippen LogP contribution in [0.5, 0.6) is 0 Å². The molecule has 0 aromatic heterocycles. The van der Waals surface area contributed by atoms with Gasteiger partial charge < -0.3 is 14.2 Å². The molecular formula is C10H16Cl2O3. The van der Waals surface area contributed by atoms with Gasteiger partial charge in [-0.25, -0.2) is 0 Å². The van der Waals surface area contributed by atoms with E-state index in [1.54, 1.807) is 0 Å². The molecule has 2 heterocycles. The lowest BCUT2D eigenvalue weighted by molar-refractivity contribution is 0.102. The van der Waals surface area contributed by atoms with Crippen molar-refractivity contribution in [3.05, 3.63) is 0 Å². The van der Waals surface area contributed by atoms with Crippen LogP contribution in [0.3, 0.4) is 0 Å². The molecule has 0 N–H and O–H groups in total. The van der Waals surface area contributed by atoms with Crippen molar-refractivity contribution >= 4 is 23.2 Å². The van der Waals surface area contributed by atoms with Gasteiger partial charge in [-0.3, -0.25) is 0 Å². The average Bonchev–Trinajstić information content (AvgIpc) is 3.09. The largest absolute Gasteiger partial charge is 0.376 e. The zero-order valence-electron chi connectivity index (χ0n) is 8.53. The maximum Gasteiger partial charge on any atom is 0.107 e. The van der Waals surface area contributed by atoms with Crippen molar-refractivity contribution < 1.29 is 14.2 Å². The highest BCUT2D eigenvalue weighted by atomic mass is 35.5. The molecule has 4 unspecified atom stereocenters. The summed E-state index contributed by atoms with van der Waals surface area (Å²) in [6.07, 6.45) is 3.00. The number of epoxide rings is 2. The smallest absolute Gasteiger partial charge is 0.107 e. The lowest BCUT2D eigenvalue weighted by Gasteiger charge is -1.98. The second-order valence-electron chi connectivity index (χ2n) is 3.92. The van der Waals surface area contributed by atoms with Crippen LogP contribution in [0, 0.1) is 0 Å². The molecule has 88 valence electrons. The van der Waals surface area contributed by atoms with Crippen LogP contribution in [0.4, 0.5) is 0 Å². The summed E-state index contributed by atoms with van der Waals surface area (Å²) in [5, 5.41) is 0. The Bertz CT molecular complexity index is 183.